The highest BCUT2D eigenvalue weighted by Gasteiger charge is 2.23. The third kappa shape index (κ3) is 6.33. The number of anilines is 1. The summed E-state index contributed by atoms with van der Waals surface area (Å²) in [6.07, 6.45) is 1.13. The van der Waals surface area contributed by atoms with Crippen LogP contribution in [-0.2, 0) is 9.53 Å². The van der Waals surface area contributed by atoms with E-state index in [4.69, 9.17) is 4.74 Å². The maximum atomic E-state index is 12.1. The molecule has 140 valence electrons. The van der Waals surface area contributed by atoms with Crippen LogP contribution in [0.15, 0.2) is 18.2 Å². The Balaban J connectivity index is 1.68. The first-order chi connectivity index (χ1) is 12.0. The maximum Gasteiger partial charge on any atom is 0.275 e. The summed E-state index contributed by atoms with van der Waals surface area (Å²) in [6.45, 7) is 14.4. The topological polar surface area (TPSA) is 46.0 Å². The third-order valence-corrected chi connectivity index (χ3v) is 4.89. The van der Waals surface area contributed by atoms with Gasteiger partial charge in [-0.2, -0.15) is 0 Å². The van der Waals surface area contributed by atoms with Crippen molar-refractivity contribution in [1.82, 2.24) is 5.32 Å². The molecule has 0 radical (unpaired) electrons. The van der Waals surface area contributed by atoms with E-state index in [1.165, 1.54) is 21.7 Å². The van der Waals surface area contributed by atoms with E-state index in [1.54, 1.807) is 0 Å². The van der Waals surface area contributed by atoms with Crippen LogP contribution in [0.3, 0.4) is 0 Å². The highest BCUT2D eigenvalue weighted by Crippen LogP contribution is 2.22. The minimum absolute atomic E-state index is 0.153. The van der Waals surface area contributed by atoms with E-state index in [0.29, 0.717) is 19.7 Å². The zero-order valence-electron chi connectivity index (χ0n) is 16.2. The SMILES string of the molecule is Cc1cccc(N2CC[NH+](CC(=O)NCCCOC(C)C)CC2)c1C. The van der Waals surface area contributed by atoms with Crippen LogP contribution in [0.2, 0.25) is 0 Å². The van der Waals surface area contributed by atoms with Gasteiger partial charge in [0.2, 0.25) is 0 Å². The van der Waals surface area contributed by atoms with Crippen LogP contribution < -0.4 is 15.1 Å². The van der Waals surface area contributed by atoms with Crippen molar-refractivity contribution in [2.24, 2.45) is 0 Å². The molecule has 0 saturated carbocycles. The van der Waals surface area contributed by atoms with Crippen LogP contribution in [-0.4, -0.2) is 57.9 Å². The van der Waals surface area contributed by atoms with Crippen molar-refractivity contribution in [3.8, 4) is 0 Å². The molecule has 0 bridgehead atoms. The molecule has 0 spiro atoms. The summed E-state index contributed by atoms with van der Waals surface area (Å²) < 4.78 is 5.48. The van der Waals surface area contributed by atoms with Crippen LogP contribution in [0.5, 0.6) is 0 Å². The second-order valence-corrected chi connectivity index (χ2v) is 7.26. The van der Waals surface area contributed by atoms with E-state index < -0.39 is 0 Å². The smallest absolute Gasteiger partial charge is 0.275 e. The number of nitrogens with zero attached hydrogens (tertiary/aromatic N) is 1. The van der Waals surface area contributed by atoms with Crippen LogP contribution in [0.25, 0.3) is 0 Å². The largest absolute Gasteiger partial charge is 0.379 e. The average Bonchev–Trinajstić information content (AvgIpc) is 2.57. The lowest BCUT2D eigenvalue weighted by Crippen LogP contribution is -3.16. The van der Waals surface area contributed by atoms with Gasteiger partial charge in [-0.25, -0.2) is 0 Å². The molecule has 5 nitrogen and oxygen atoms in total. The van der Waals surface area contributed by atoms with Crippen LogP contribution >= 0.6 is 0 Å². The molecule has 0 unspecified atom stereocenters. The summed E-state index contributed by atoms with van der Waals surface area (Å²) in [5.41, 5.74) is 4.05. The van der Waals surface area contributed by atoms with Crippen molar-refractivity contribution >= 4 is 11.6 Å². The van der Waals surface area contributed by atoms with E-state index in [-0.39, 0.29) is 12.0 Å². The third-order valence-electron chi connectivity index (χ3n) is 4.89. The number of carbonyl (C=O) groups excluding carboxylic acids is 1. The predicted molar refractivity (Wildman–Crippen MR) is 102 cm³/mol. The van der Waals surface area contributed by atoms with Gasteiger partial charge < -0.3 is 19.9 Å². The fourth-order valence-electron chi connectivity index (χ4n) is 3.23. The van der Waals surface area contributed by atoms with Gasteiger partial charge in [-0.1, -0.05) is 12.1 Å². The lowest BCUT2D eigenvalue weighted by molar-refractivity contribution is -0.892. The Labute approximate surface area is 152 Å². The second kappa shape index (κ2) is 9.78. The van der Waals surface area contributed by atoms with Gasteiger partial charge in [0.1, 0.15) is 0 Å². The zero-order valence-corrected chi connectivity index (χ0v) is 16.2. The predicted octanol–water partition coefficient (Wildman–Crippen LogP) is 0.940. The minimum Gasteiger partial charge on any atom is -0.379 e. The molecule has 1 amide bonds. The summed E-state index contributed by atoms with van der Waals surface area (Å²) in [5, 5.41) is 3.01. The van der Waals surface area contributed by atoms with Crippen molar-refractivity contribution < 1.29 is 14.4 Å². The number of hydrogen-bond donors (Lipinski definition) is 2. The number of benzene rings is 1. The summed E-state index contributed by atoms with van der Waals surface area (Å²) in [5.74, 6) is 0.153. The molecule has 2 N–H and O–H groups in total. The first kappa shape index (κ1) is 19.7. The molecule has 1 saturated heterocycles. The fourth-order valence-corrected chi connectivity index (χ4v) is 3.23. The second-order valence-electron chi connectivity index (χ2n) is 7.26. The molecular weight excluding hydrogens is 314 g/mol. The molecule has 5 heteroatoms. The number of hydrogen-bond acceptors (Lipinski definition) is 3. The first-order valence-corrected chi connectivity index (χ1v) is 9.50. The van der Waals surface area contributed by atoms with Gasteiger partial charge in [0.25, 0.3) is 5.91 Å². The summed E-state index contributed by atoms with van der Waals surface area (Å²) in [7, 11) is 0. The lowest BCUT2D eigenvalue weighted by Gasteiger charge is -2.34. The van der Waals surface area contributed by atoms with Crippen molar-refractivity contribution in [2.45, 2.75) is 40.2 Å². The molecule has 1 aromatic carbocycles. The van der Waals surface area contributed by atoms with Crippen molar-refractivity contribution in [2.75, 3.05) is 50.8 Å². The Morgan fingerprint density at radius 2 is 2.00 bits per heavy atom. The molecule has 1 aromatic rings. The highest BCUT2D eigenvalue weighted by molar-refractivity contribution is 5.76. The lowest BCUT2D eigenvalue weighted by atomic mass is 10.1. The Morgan fingerprint density at radius 1 is 1.28 bits per heavy atom. The quantitative estimate of drug-likeness (QED) is 0.688. The van der Waals surface area contributed by atoms with E-state index in [2.05, 4.69) is 42.3 Å². The van der Waals surface area contributed by atoms with Crippen LogP contribution in [0.4, 0.5) is 5.69 Å². The number of amides is 1. The Kier molecular flexibility index (Phi) is 7.72. The van der Waals surface area contributed by atoms with Gasteiger partial charge in [0.05, 0.1) is 32.3 Å². The van der Waals surface area contributed by atoms with Crippen LogP contribution in [0.1, 0.15) is 31.4 Å². The number of nitrogens with one attached hydrogen (secondary N) is 2. The molecule has 1 fully saturated rings. The molecule has 0 aromatic heterocycles. The van der Waals surface area contributed by atoms with Gasteiger partial charge in [-0.05, 0) is 51.3 Å². The Bertz CT molecular complexity index is 552. The van der Waals surface area contributed by atoms with Gasteiger partial charge in [0, 0.05) is 18.8 Å². The van der Waals surface area contributed by atoms with Crippen LogP contribution in [0, 0.1) is 13.8 Å². The summed E-state index contributed by atoms with van der Waals surface area (Å²) in [4.78, 5) is 15.9. The monoisotopic (exact) mass is 348 g/mol. The molecular formula is C20H34N3O2+. The maximum absolute atomic E-state index is 12.1. The molecule has 0 aliphatic carbocycles. The number of ether oxygens (including phenoxy) is 1. The summed E-state index contributed by atoms with van der Waals surface area (Å²) in [6, 6.07) is 6.50. The van der Waals surface area contributed by atoms with Gasteiger partial charge >= 0.3 is 0 Å². The Morgan fingerprint density at radius 3 is 2.68 bits per heavy atom. The van der Waals surface area contributed by atoms with E-state index >= 15 is 0 Å². The number of quaternary nitrogens is 1. The zero-order chi connectivity index (χ0) is 18.2. The molecule has 25 heavy (non-hydrogen) atoms. The Hall–Kier alpha value is -1.59. The van der Waals surface area contributed by atoms with E-state index in [0.717, 1.165) is 32.6 Å². The van der Waals surface area contributed by atoms with Gasteiger partial charge in [-0.3, -0.25) is 4.79 Å². The van der Waals surface area contributed by atoms with Crippen molar-refractivity contribution in [3.63, 3.8) is 0 Å². The van der Waals surface area contributed by atoms with E-state index in [1.807, 2.05) is 13.8 Å². The molecule has 1 heterocycles. The van der Waals surface area contributed by atoms with Crippen molar-refractivity contribution in [3.05, 3.63) is 29.3 Å². The number of carbonyl (C=O) groups is 1. The number of aryl methyl sites for hydroxylation is 1. The number of piperazine rings is 1. The highest BCUT2D eigenvalue weighted by atomic mass is 16.5. The van der Waals surface area contributed by atoms with E-state index in [9.17, 15) is 4.79 Å². The molecule has 1 aliphatic heterocycles. The number of rotatable bonds is 8. The minimum atomic E-state index is 0.153. The fraction of sp³-hybridized carbons (Fsp3) is 0.650. The van der Waals surface area contributed by atoms with Crippen molar-refractivity contribution in [1.29, 1.82) is 0 Å². The standard InChI is InChI=1S/C20H33N3O2/c1-16(2)25-14-6-9-21-20(24)15-22-10-12-23(13-11-22)19-8-5-7-17(3)18(19)4/h5,7-8,16H,6,9-15H2,1-4H3,(H,21,24)/p+1. The van der Waals surface area contributed by atoms with Gasteiger partial charge in [0.15, 0.2) is 6.54 Å². The normalized spacial score (nSPS) is 15.6. The molecule has 0 atom stereocenters. The molecule has 2 rings (SSSR count). The molecule has 1 aliphatic rings. The van der Waals surface area contributed by atoms with Gasteiger partial charge in [-0.15, -0.1) is 0 Å². The summed E-state index contributed by atoms with van der Waals surface area (Å²) >= 11 is 0. The average molecular weight is 349 g/mol. The first-order valence-electron chi connectivity index (χ1n) is 9.50.